The zero-order valence-corrected chi connectivity index (χ0v) is 11.4. The van der Waals surface area contributed by atoms with Crippen molar-refractivity contribution >= 4 is 5.96 Å². The summed E-state index contributed by atoms with van der Waals surface area (Å²) >= 11 is 0. The maximum absolute atomic E-state index is 6.02. The van der Waals surface area contributed by atoms with Crippen LogP contribution in [0, 0.1) is 0 Å². The van der Waals surface area contributed by atoms with Crippen LogP contribution in [0.4, 0.5) is 0 Å². The second-order valence-corrected chi connectivity index (χ2v) is 5.81. The number of nitrogens with two attached hydrogens (primary N) is 1. The molecule has 2 saturated carbocycles. The van der Waals surface area contributed by atoms with Crippen molar-refractivity contribution in [1.29, 1.82) is 0 Å². The van der Waals surface area contributed by atoms with E-state index >= 15 is 0 Å². The van der Waals surface area contributed by atoms with Gasteiger partial charge in [0.25, 0.3) is 0 Å². The van der Waals surface area contributed by atoms with Gasteiger partial charge in [-0.2, -0.15) is 0 Å². The number of hydrogen-bond donors (Lipinski definition) is 2. The van der Waals surface area contributed by atoms with Gasteiger partial charge in [0.1, 0.15) is 0 Å². The van der Waals surface area contributed by atoms with Crippen molar-refractivity contribution in [3.05, 3.63) is 35.9 Å². The number of nitrogens with one attached hydrogen (secondary N) is 1. The number of nitrogens with zero attached hydrogens (tertiary/aromatic N) is 1. The van der Waals surface area contributed by atoms with E-state index in [1.807, 2.05) is 0 Å². The maximum atomic E-state index is 6.02. The van der Waals surface area contributed by atoms with Gasteiger partial charge in [0.15, 0.2) is 5.96 Å². The molecule has 1 aromatic rings. The van der Waals surface area contributed by atoms with Gasteiger partial charge >= 0.3 is 0 Å². The van der Waals surface area contributed by atoms with Gasteiger partial charge in [-0.25, -0.2) is 4.99 Å². The normalized spacial score (nSPS) is 28.1. The highest BCUT2D eigenvalue weighted by molar-refractivity contribution is 5.78. The van der Waals surface area contributed by atoms with Gasteiger partial charge in [-0.15, -0.1) is 0 Å². The van der Waals surface area contributed by atoms with Crippen LogP contribution in [0.15, 0.2) is 35.3 Å². The lowest BCUT2D eigenvalue weighted by molar-refractivity contribution is 0.412. The molecule has 2 aliphatic rings. The number of aliphatic imine (C=N–C) groups is 1. The van der Waals surface area contributed by atoms with Crippen molar-refractivity contribution in [3.8, 4) is 0 Å². The molecule has 0 spiro atoms. The first-order valence-corrected chi connectivity index (χ1v) is 7.47. The second kappa shape index (κ2) is 5.64. The molecule has 2 fully saturated rings. The molecule has 0 heterocycles. The average Bonchev–Trinajstić information content (AvgIpc) is 3.20. The Balaban J connectivity index is 1.52. The van der Waals surface area contributed by atoms with Crippen LogP contribution in [-0.4, -0.2) is 18.0 Å². The first-order valence-electron chi connectivity index (χ1n) is 7.47. The Labute approximate surface area is 115 Å². The van der Waals surface area contributed by atoms with Crippen LogP contribution in [0.2, 0.25) is 0 Å². The van der Waals surface area contributed by atoms with Crippen molar-refractivity contribution < 1.29 is 0 Å². The van der Waals surface area contributed by atoms with Crippen LogP contribution in [0.25, 0.3) is 0 Å². The molecule has 0 saturated heterocycles. The molecule has 2 atom stereocenters. The zero-order chi connectivity index (χ0) is 13.1. The molecule has 3 N–H and O–H groups in total. The van der Waals surface area contributed by atoms with E-state index < -0.39 is 0 Å². The number of benzene rings is 1. The Kier molecular flexibility index (Phi) is 3.72. The molecule has 3 rings (SSSR count). The molecule has 19 heavy (non-hydrogen) atoms. The summed E-state index contributed by atoms with van der Waals surface area (Å²) in [5, 5.41) is 3.39. The van der Waals surface area contributed by atoms with Gasteiger partial charge in [0.05, 0.1) is 6.04 Å². The first-order chi connectivity index (χ1) is 9.33. The fourth-order valence-corrected chi connectivity index (χ4v) is 3.05. The predicted octanol–water partition coefficient (Wildman–Crippen LogP) is 2.78. The minimum Gasteiger partial charge on any atom is -0.370 e. The van der Waals surface area contributed by atoms with Crippen molar-refractivity contribution in [2.45, 2.75) is 56.5 Å². The van der Waals surface area contributed by atoms with Crippen LogP contribution in [0.1, 0.15) is 50.0 Å². The van der Waals surface area contributed by atoms with E-state index in [9.17, 15) is 0 Å². The van der Waals surface area contributed by atoms with Crippen LogP contribution in [0.5, 0.6) is 0 Å². The number of rotatable bonds is 3. The SMILES string of the molecule is NC(=NC1CC1c1ccccc1)NC1CCCCC1. The molecule has 2 unspecified atom stereocenters. The first kappa shape index (κ1) is 12.5. The molecule has 1 aromatic carbocycles. The Morgan fingerprint density at radius 1 is 1.11 bits per heavy atom. The maximum Gasteiger partial charge on any atom is 0.189 e. The van der Waals surface area contributed by atoms with Gasteiger partial charge in [-0.1, -0.05) is 49.6 Å². The summed E-state index contributed by atoms with van der Waals surface area (Å²) in [4.78, 5) is 4.62. The predicted molar refractivity (Wildman–Crippen MR) is 79.2 cm³/mol. The fourth-order valence-electron chi connectivity index (χ4n) is 3.05. The van der Waals surface area contributed by atoms with Crippen LogP contribution >= 0.6 is 0 Å². The molecule has 0 amide bonds. The van der Waals surface area contributed by atoms with Crippen LogP contribution < -0.4 is 11.1 Å². The lowest BCUT2D eigenvalue weighted by Gasteiger charge is -2.23. The summed E-state index contributed by atoms with van der Waals surface area (Å²) in [6.45, 7) is 0. The number of hydrogen-bond acceptors (Lipinski definition) is 1. The highest BCUT2D eigenvalue weighted by atomic mass is 15.1. The highest BCUT2D eigenvalue weighted by Gasteiger charge is 2.38. The van der Waals surface area contributed by atoms with Gasteiger partial charge in [0, 0.05) is 12.0 Å². The van der Waals surface area contributed by atoms with Gasteiger partial charge in [0.2, 0.25) is 0 Å². The molecule has 0 bridgehead atoms. The average molecular weight is 257 g/mol. The Hall–Kier alpha value is -1.51. The molecule has 2 aliphatic carbocycles. The van der Waals surface area contributed by atoms with Gasteiger partial charge in [-0.05, 0) is 24.8 Å². The molecule has 3 nitrogen and oxygen atoms in total. The summed E-state index contributed by atoms with van der Waals surface area (Å²) in [7, 11) is 0. The second-order valence-electron chi connectivity index (χ2n) is 5.81. The third-order valence-electron chi connectivity index (χ3n) is 4.25. The quantitative estimate of drug-likeness (QED) is 0.646. The third kappa shape index (κ3) is 3.28. The van der Waals surface area contributed by atoms with E-state index in [2.05, 4.69) is 40.6 Å². The van der Waals surface area contributed by atoms with Gasteiger partial charge in [-0.3, -0.25) is 0 Å². The molecule has 102 valence electrons. The minimum absolute atomic E-state index is 0.387. The van der Waals surface area contributed by atoms with Gasteiger partial charge < -0.3 is 11.1 Å². The van der Waals surface area contributed by atoms with Crippen LogP contribution in [0.3, 0.4) is 0 Å². The molecule has 0 aliphatic heterocycles. The lowest BCUT2D eigenvalue weighted by Crippen LogP contribution is -2.41. The minimum atomic E-state index is 0.387. The lowest BCUT2D eigenvalue weighted by atomic mass is 9.96. The van der Waals surface area contributed by atoms with E-state index in [-0.39, 0.29) is 0 Å². The van der Waals surface area contributed by atoms with Crippen molar-refractivity contribution in [3.63, 3.8) is 0 Å². The van der Waals surface area contributed by atoms with Crippen molar-refractivity contribution in [2.75, 3.05) is 0 Å². The van der Waals surface area contributed by atoms with E-state index in [1.54, 1.807) is 0 Å². The number of guanidine groups is 1. The van der Waals surface area contributed by atoms with E-state index in [0.717, 1.165) is 6.42 Å². The monoisotopic (exact) mass is 257 g/mol. The van der Waals surface area contributed by atoms with E-state index in [0.29, 0.717) is 24.0 Å². The Bertz CT molecular complexity index is 435. The third-order valence-corrected chi connectivity index (χ3v) is 4.25. The van der Waals surface area contributed by atoms with E-state index in [1.165, 1.54) is 37.7 Å². The summed E-state index contributed by atoms with van der Waals surface area (Å²) < 4.78 is 0. The topological polar surface area (TPSA) is 50.4 Å². The largest absolute Gasteiger partial charge is 0.370 e. The summed E-state index contributed by atoms with van der Waals surface area (Å²) in [5.41, 5.74) is 7.42. The fraction of sp³-hybridized carbons (Fsp3) is 0.562. The Morgan fingerprint density at radius 2 is 1.84 bits per heavy atom. The van der Waals surface area contributed by atoms with Crippen molar-refractivity contribution in [2.24, 2.45) is 10.7 Å². The molecule has 3 heteroatoms. The summed E-state index contributed by atoms with van der Waals surface area (Å²) in [6, 6.07) is 11.6. The summed E-state index contributed by atoms with van der Waals surface area (Å²) in [5.74, 6) is 1.23. The summed E-state index contributed by atoms with van der Waals surface area (Å²) in [6.07, 6.45) is 7.62. The molecule has 0 radical (unpaired) electrons. The zero-order valence-electron chi connectivity index (χ0n) is 11.4. The van der Waals surface area contributed by atoms with E-state index in [4.69, 9.17) is 5.73 Å². The molecular weight excluding hydrogens is 234 g/mol. The highest BCUT2D eigenvalue weighted by Crippen LogP contribution is 2.43. The smallest absolute Gasteiger partial charge is 0.189 e. The van der Waals surface area contributed by atoms with Crippen molar-refractivity contribution in [1.82, 2.24) is 5.32 Å². The molecule has 0 aromatic heterocycles. The molecular formula is C16H23N3. The Morgan fingerprint density at radius 3 is 2.58 bits per heavy atom. The standard InChI is InChI=1S/C16H23N3/c17-16(18-13-9-5-2-6-10-13)19-15-11-14(15)12-7-3-1-4-8-12/h1,3-4,7-8,13-15H,2,5-6,9-11H2,(H3,17,18,19). The van der Waals surface area contributed by atoms with Crippen LogP contribution in [-0.2, 0) is 0 Å².